The molecule has 0 aliphatic heterocycles. The van der Waals surface area contributed by atoms with Crippen molar-refractivity contribution in [2.75, 3.05) is 5.32 Å². The molecule has 0 aliphatic carbocycles. The molecular weight excluding hydrogens is 414 g/mol. The molecule has 0 aliphatic rings. The van der Waals surface area contributed by atoms with Crippen molar-refractivity contribution >= 4 is 23.1 Å². The normalized spacial score (nSPS) is 12.6. The molecule has 0 amide bonds. The summed E-state index contributed by atoms with van der Waals surface area (Å²) in [5, 5.41) is 2.24. The topological polar surface area (TPSA) is 51.2 Å². The molecule has 2 rings (SSSR count). The summed E-state index contributed by atoms with van der Waals surface area (Å²) in [6, 6.07) is 6.28. The number of rotatable bonds is 5. The number of ketones is 1. The van der Waals surface area contributed by atoms with Crippen LogP contribution in [0.4, 0.5) is 32.0 Å². The third kappa shape index (κ3) is 5.88. The summed E-state index contributed by atoms with van der Waals surface area (Å²) < 4.78 is 79.7. The fourth-order valence-electron chi connectivity index (χ4n) is 1.92. The second-order valence-electron chi connectivity index (χ2n) is 5.45. The lowest BCUT2D eigenvalue weighted by Crippen LogP contribution is -2.21. The molecule has 1 heterocycles. The Hall–Kier alpha value is -2.75. The van der Waals surface area contributed by atoms with Gasteiger partial charge in [0.05, 0.1) is 5.56 Å². The number of carbonyl (C=O) groups is 1. The number of hydrogen-bond donors (Lipinski definition) is 1. The highest BCUT2D eigenvalue weighted by Gasteiger charge is 2.36. The number of hydrogen-bond acceptors (Lipinski definition) is 4. The van der Waals surface area contributed by atoms with Crippen LogP contribution in [0.15, 0.2) is 48.3 Å². The summed E-state index contributed by atoms with van der Waals surface area (Å²) in [5.41, 5.74) is -0.717. The summed E-state index contributed by atoms with van der Waals surface area (Å²) in [6.07, 6.45) is -8.57. The van der Waals surface area contributed by atoms with Gasteiger partial charge in [-0.1, -0.05) is 11.6 Å². The Morgan fingerprint density at radius 3 is 2.25 bits per heavy atom. The number of aromatic nitrogens is 1. The van der Waals surface area contributed by atoms with E-state index in [0.29, 0.717) is 24.0 Å². The van der Waals surface area contributed by atoms with Gasteiger partial charge in [0.15, 0.2) is 0 Å². The van der Waals surface area contributed by atoms with E-state index in [1.54, 1.807) is 0 Å². The minimum Gasteiger partial charge on any atom is -0.438 e. The van der Waals surface area contributed by atoms with Crippen LogP contribution in [0, 0.1) is 0 Å². The molecule has 2 aromatic rings. The van der Waals surface area contributed by atoms with Gasteiger partial charge in [0.1, 0.15) is 10.8 Å². The van der Waals surface area contributed by atoms with Crippen LogP contribution in [0.5, 0.6) is 11.6 Å². The smallest absolute Gasteiger partial charge is 0.438 e. The molecule has 4 nitrogen and oxygen atoms in total. The van der Waals surface area contributed by atoms with Gasteiger partial charge in [0.25, 0.3) is 5.78 Å². The monoisotopic (exact) mass is 424 g/mol. The van der Waals surface area contributed by atoms with E-state index >= 15 is 0 Å². The highest BCUT2D eigenvalue weighted by molar-refractivity contribution is 6.31. The summed E-state index contributed by atoms with van der Waals surface area (Å²) in [7, 11) is 0. The largest absolute Gasteiger partial charge is 0.454 e. The first-order chi connectivity index (χ1) is 12.9. The van der Waals surface area contributed by atoms with Crippen LogP contribution in [-0.2, 0) is 11.0 Å². The number of anilines is 1. The molecule has 0 saturated carbocycles. The van der Waals surface area contributed by atoms with Crippen molar-refractivity contribution < 1.29 is 35.9 Å². The third-order valence-corrected chi connectivity index (χ3v) is 3.44. The first kappa shape index (κ1) is 21.5. The van der Waals surface area contributed by atoms with Gasteiger partial charge in [-0.15, -0.1) is 0 Å². The molecule has 0 unspecified atom stereocenters. The molecule has 0 radical (unpaired) electrons. The van der Waals surface area contributed by atoms with Crippen LogP contribution < -0.4 is 10.1 Å². The van der Waals surface area contributed by atoms with E-state index in [1.165, 1.54) is 31.2 Å². The molecule has 0 spiro atoms. The summed E-state index contributed by atoms with van der Waals surface area (Å²) in [6.45, 7) is 1.28. The second kappa shape index (κ2) is 8.09. The van der Waals surface area contributed by atoms with Crippen molar-refractivity contribution in [2.45, 2.75) is 19.3 Å². The molecule has 0 saturated heterocycles. The van der Waals surface area contributed by atoms with E-state index in [1.807, 2.05) is 0 Å². The molecule has 0 bridgehead atoms. The quantitative estimate of drug-likeness (QED) is 0.473. The Labute approximate surface area is 159 Å². The Kier molecular flexibility index (Phi) is 6.23. The molecule has 1 N–H and O–H groups in total. The van der Waals surface area contributed by atoms with Crippen LogP contribution in [0.2, 0.25) is 5.02 Å². The maximum absolute atomic E-state index is 12.6. The standard InChI is InChI=1S/C17H11ClF6N2O2/c1-9(6-14(27)17(22,23)24)26-11-2-4-12(5-3-11)28-15-13(18)7-10(8-25-15)16(19,20)21/h2-8,26H,1H3. The first-order valence-electron chi connectivity index (χ1n) is 7.43. The second-order valence-corrected chi connectivity index (χ2v) is 5.86. The van der Waals surface area contributed by atoms with Gasteiger partial charge in [0.2, 0.25) is 5.88 Å². The number of ether oxygens (including phenoxy) is 1. The van der Waals surface area contributed by atoms with Gasteiger partial charge in [-0.3, -0.25) is 4.79 Å². The van der Waals surface area contributed by atoms with Gasteiger partial charge < -0.3 is 10.1 Å². The molecule has 11 heteroatoms. The summed E-state index contributed by atoms with van der Waals surface area (Å²) in [4.78, 5) is 14.4. The van der Waals surface area contributed by atoms with Crippen LogP contribution in [0.1, 0.15) is 12.5 Å². The van der Waals surface area contributed by atoms with E-state index < -0.39 is 23.7 Å². The number of nitrogens with one attached hydrogen (secondary N) is 1. The maximum atomic E-state index is 12.6. The first-order valence-corrected chi connectivity index (χ1v) is 7.81. The fourth-order valence-corrected chi connectivity index (χ4v) is 2.12. The van der Waals surface area contributed by atoms with Crippen LogP contribution >= 0.6 is 11.6 Å². The van der Waals surface area contributed by atoms with Crippen molar-refractivity contribution in [3.63, 3.8) is 0 Å². The van der Waals surface area contributed by atoms with Crippen LogP contribution in [-0.4, -0.2) is 16.9 Å². The third-order valence-electron chi connectivity index (χ3n) is 3.17. The lowest BCUT2D eigenvalue weighted by molar-refractivity contribution is -0.165. The number of nitrogens with zero attached hydrogens (tertiary/aromatic N) is 1. The lowest BCUT2D eigenvalue weighted by Gasteiger charge is -2.11. The molecule has 0 atom stereocenters. The molecule has 1 aromatic heterocycles. The number of alkyl halides is 6. The number of carbonyl (C=O) groups excluding carboxylic acids is 1. The van der Waals surface area contributed by atoms with Crippen LogP contribution in [0.3, 0.4) is 0 Å². The molecule has 28 heavy (non-hydrogen) atoms. The van der Waals surface area contributed by atoms with Gasteiger partial charge in [-0.25, -0.2) is 4.98 Å². The van der Waals surface area contributed by atoms with Gasteiger partial charge >= 0.3 is 12.4 Å². The van der Waals surface area contributed by atoms with E-state index in [0.717, 1.165) is 0 Å². The Bertz CT molecular complexity index is 892. The molecule has 0 fully saturated rings. The van der Waals surface area contributed by atoms with E-state index in [4.69, 9.17) is 16.3 Å². The summed E-state index contributed by atoms with van der Waals surface area (Å²) >= 11 is 5.74. The number of pyridine rings is 1. The highest BCUT2D eigenvalue weighted by atomic mass is 35.5. The molecular formula is C17H11ClF6N2O2. The fraction of sp³-hybridized carbons (Fsp3) is 0.176. The SMILES string of the molecule is CC(=CC(=O)C(F)(F)F)Nc1ccc(Oc2ncc(C(F)(F)F)cc2Cl)cc1. The predicted octanol–water partition coefficient (Wildman–Crippen LogP) is 5.99. The van der Waals surface area contributed by atoms with E-state index in [-0.39, 0.29) is 22.3 Å². The van der Waals surface area contributed by atoms with Crippen molar-refractivity contribution in [3.05, 3.63) is 58.9 Å². The maximum Gasteiger partial charge on any atom is 0.454 e. The van der Waals surface area contributed by atoms with Gasteiger partial charge in [-0.2, -0.15) is 26.3 Å². The Morgan fingerprint density at radius 1 is 1.14 bits per heavy atom. The zero-order valence-corrected chi connectivity index (χ0v) is 14.7. The van der Waals surface area contributed by atoms with Crippen molar-refractivity contribution in [1.82, 2.24) is 4.98 Å². The number of halogens is 7. The van der Waals surface area contributed by atoms with Crippen LogP contribution in [0.25, 0.3) is 0 Å². The molecule has 1 aromatic carbocycles. The number of benzene rings is 1. The minimum atomic E-state index is -4.96. The Morgan fingerprint density at radius 2 is 1.75 bits per heavy atom. The highest BCUT2D eigenvalue weighted by Crippen LogP contribution is 2.34. The zero-order chi connectivity index (χ0) is 21.1. The lowest BCUT2D eigenvalue weighted by atomic mass is 10.2. The Balaban J connectivity index is 2.07. The zero-order valence-electron chi connectivity index (χ0n) is 14.0. The average molecular weight is 425 g/mol. The van der Waals surface area contributed by atoms with E-state index in [9.17, 15) is 31.1 Å². The van der Waals surface area contributed by atoms with Crippen molar-refractivity contribution in [2.24, 2.45) is 0 Å². The average Bonchev–Trinajstić information content (AvgIpc) is 2.56. The van der Waals surface area contributed by atoms with Gasteiger partial charge in [-0.05, 0) is 37.3 Å². The van der Waals surface area contributed by atoms with Crippen molar-refractivity contribution in [1.29, 1.82) is 0 Å². The summed E-state index contributed by atoms with van der Waals surface area (Å²) in [5.74, 6) is -2.07. The minimum absolute atomic E-state index is 0.0385. The number of allylic oxidation sites excluding steroid dienone is 2. The van der Waals surface area contributed by atoms with Crippen molar-refractivity contribution in [3.8, 4) is 11.6 Å². The molecule has 150 valence electrons. The van der Waals surface area contributed by atoms with Gasteiger partial charge in [0, 0.05) is 23.7 Å². The van der Waals surface area contributed by atoms with E-state index in [2.05, 4.69) is 10.3 Å². The predicted molar refractivity (Wildman–Crippen MR) is 89.2 cm³/mol.